The third kappa shape index (κ3) is 4.69. The van der Waals surface area contributed by atoms with Crippen LogP contribution in [0.3, 0.4) is 0 Å². The van der Waals surface area contributed by atoms with Crippen molar-refractivity contribution in [3.63, 3.8) is 0 Å². The van der Waals surface area contributed by atoms with E-state index < -0.39 is 5.60 Å². The van der Waals surface area contributed by atoms with Crippen LogP contribution < -0.4 is 14.2 Å². The van der Waals surface area contributed by atoms with Gasteiger partial charge in [-0.3, -0.25) is 0 Å². The number of rotatable bonds is 5. The molecule has 1 aromatic rings. The number of carbonyl (C=O) groups is 1. The van der Waals surface area contributed by atoms with Gasteiger partial charge in [0, 0.05) is 5.57 Å². The zero-order chi connectivity index (χ0) is 16.9. The van der Waals surface area contributed by atoms with Crippen LogP contribution >= 0.6 is 0 Å². The van der Waals surface area contributed by atoms with Gasteiger partial charge in [-0.1, -0.05) is 0 Å². The Morgan fingerprint density at radius 3 is 1.86 bits per heavy atom. The third-order valence-corrected chi connectivity index (χ3v) is 2.79. The molecule has 0 saturated carbocycles. The number of ether oxygens (including phenoxy) is 4. The Bertz CT molecular complexity index is 542. The summed E-state index contributed by atoms with van der Waals surface area (Å²) in [4.78, 5) is 12.0. The second-order valence-electron chi connectivity index (χ2n) is 5.79. The minimum atomic E-state index is -0.526. The zero-order valence-corrected chi connectivity index (χ0v) is 14.3. The number of hydrogen-bond acceptors (Lipinski definition) is 5. The number of esters is 1. The molecule has 0 unspecified atom stereocenters. The first kappa shape index (κ1) is 17.9. The fraction of sp³-hybridized carbons (Fsp3) is 0.471. The van der Waals surface area contributed by atoms with Crippen LogP contribution in [0.15, 0.2) is 17.7 Å². The molecule has 0 fully saturated rings. The van der Waals surface area contributed by atoms with E-state index in [1.807, 2.05) is 20.8 Å². The predicted molar refractivity (Wildman–Crippen MR) is 85.6 cm³/mol. The molecule has 0 N–H and O–H groups in total. The minimum absolute atomic E-state index is 0.360. The summed E-state index contributed by atoms with van der Waals surface area (Å²) in [5, 5.41) is 0. The first-order valence-electron chi connectivity index (χ1n) is 6.93. The van der Waals surface area contributed by atoms with E-state index in [4.69, 9.17) is 18.9 Å². The largest absolute Gasteiger partial charge is 0.493 e. The van der Waals surface area contributed by atoms with E-state index in [2.05, 4.69) is 0 Å². The summed E-state index contributed by atoms with van der Waals surface area (Å²) in [5.41, 5.74) is 0.726. The normalized spacial score (nSPS) is 11.9. The Morgan fingerprint density at radius 1 is 1.00 bits per heavy atom. The second kappa shape index (κ2) is 7.20. The van der Waals surface area contributed by atoms with Crippen molar-refractivity contribution in [1.29, 1.82) is 0 Å². The molecule has 0 atom stereocenters. The SMILES string of the molecule is COc1cc(/C=C(\C)C(=O)OC(C)(C)C)cc(OC)c1OC. The Morgan fingerprint density at radius 2 is 1.50 bits per heavy atom. The molecule has 0 bridgehead atoms. The molecule has 0 aliphatic carbocycles. The lowest BCUT2D eigenvalue weighted by Gasteiger charge is -2.19. The van der Waals surface area contributed by atoms with Crippen molar-refractivity contribution in [3.8, 4) is 17.2 Å². The Kier molecular flexibility index (Phi) is 5.85. The van der Waals surface area contributed by atoms with Crippen molar-refractivity contribution < 1.29 is 23.7 Å². The molecule has 0 saturated heterocycles. The number of hydrogen-bond donors (Lipinski definition) is 0. The maximum Gasteiger partial charge on any atom is 0.334 e. The van der Waals surface area contributed by atoms with Crippen molar-refractivity contribution in [2.24, 2.45) is 0 Å². The van der Waals surface area contributed by atoms with Crippen LogP contribution in [0.2, 0.25) is 0 Å². The average Bonchev–Trinajstić information content (AvgIpc) is 2.44. The fourth-order valence-corrected chi connectivity index (χ4v) is 1.85. The van der Waals surface area contributed by atoms with Gasteiger partial charge in [0.2, 0.25) is 5.75 Å². The van der Waals surface area contributed by atoms with Gasteiger partial charge < -0.3 is 18.9 Å². The van der Waals surface area contributed by atoms with Gasteiger partial charge in [-0.15, -0.1) is 0 Å². The smallest absolute Gasteiger partial charge is 0.334 e. The molecule has 0 heterocycles. The molecule has 122 valence electrons. The van der Waals surface area contributed by atoms with E-state index in [0.717, 1.165) is 5.56 Å². The summed E-state index contributed by atoms with van der Waals surface area (Å²) in [6, 6.07) is 3.55. The fourth-order valence-electron chi connectivity index (χ4n) is 1.85. The highest BCUT2D eigenvalue weighted by molar-refractivity contribution is 5.93. The molecule has 5 heteroatoms. The molecular formula is C17H24O5. The van der Waals surface area contributed by atoms with Gasteiger partial charge in [0.25, 0.3) is 0 Å². The van der Waals surface area contributed by atoms with Gasteiger partial charge >= 0.3 is 5.97 Å². The van der Waals surface area contributed by atoms with Gasteiger partial charge in [0.05, 0.1) is 21.3 Å². The maximum absolute atomic E-state index is 12.0. The summed E-state index contributed by atoms with van der Waals surface area (Å²) in [6.45, 7) is 7.20. The first-order valence-corrected chi connectivity index (χ1v) is 6.93. The maximum atomic E-state index is 12.0. The molecule has 0 aromatic heterocycles. The lowest BCUT2D eigenvalue weighted by Crippen LogP contribution is -2.24. The molecule has 1 rings (SSSR count). The summed E-state index contributed by atoms with van der Waals surface area (Å²) < 4.78 is 21.2. The van der Waals surface area contributed by atoms with E-state index in [0.29, 0.717) is 22.8 Å². The third-order valence-electron chi connectivity index (χ3n) is 2.79. The van der Waals surface area contributed by atoms with Crippen molar-refractivity contribution in [3.05, 3.63) is 23.3 Å². The van der Waals surface area contributed by atoms with Gasteiger partial charge in [0.15, 0.2) is 11.5 Å². The molecule has 0 amide bonds. The monoisotopic (exact) mass is 308 g/mol. The van der Waals surface area contributed by atoms with E-state index in [1.165, 1.54) is 0 Å². The van der Waals surface area contributed by atoms with Crippen LogP contribution in [0, 0.1) is 0 Å². The highest BCUT2D eigenvalue weighted by Gasteiger charge is 2.18. The molecule has 5 nitrogen and oxygen atoms in total. The topological polar surface area (TPSA) is 54.0 Å². The Balaban J connectivity index is 3.16. The van der Waals surface area contributed by atoms with Crippen LogP contribution in [0.5, 0.6) is 17.2 Å². The van der Waals surface area contributed by atoms with Crippen LogP contribution in [-0.4, -0.2) is 32.9 Å². The molecule has 0 aliphatic heterocycles. The standard InChI is InChI=1S/C17H24O5/c1-11(16(18)22-17(2,3)4)8-12-9-13(19-5)15(21-7)14(10-12)20-6/h8-10H,1-7H3/b11-8+. The van der Waals surface area contributed by atoms with Crippen LogP contribution in [0.1, 0.15) is 33.3 Å². The lowest BCUT2D eigenvalue weighted by atomic mass is 10.1. The second-order valence-corrected chi connectivity index (χ2v) is 5.79. The highest BCUT2D eigenvalue weighted by atomic mass is 16.6. The summed E-state index contributed by atoms with van der Waals surface area (Å²) in [7, 11) is 4.64. The molecule has 0 radical (unpaired) electrons. The minimum Gasteiger partial charge on any atom is -0.493 e. The first-order chi connectivity index (χ1) is 10.2. The van der Waals surface area contributed by atoms with Crippen molar-refractivity contribution in [1.82, 2.24) is 0 Å². The Hall–Kier alpha value is -2.17. The van der Waals surface area contributed by atoms with E-state index in [1.54, 1.807) is 46.5 Å². The van der Waals surface area contributed by atoms with Gasteiger partial charge in [-0.25, -0.2) is 4.79 Å². The molecule has 0 aliphatic rings. The zero-order valence-electron chi connectivity index (χ0n) is 14.3. The molecule has 0 spiro atoms. The van der Waals surface area contributed by atoms with Gasteiger partial charge in [-0.2, -0.15) is 0 Å². The van der Waals surface area contributed by atoms with Crippen molar-refractivity contribution in [2.75, 3.05) is 21.3 Å². The van der Waals surface area contributed by atoms with Gasteiger partial charge in [0.1, 0.15) is 5.60 Å². The molecular weight excluding hydrogens is 284 g/mol. The number of carbonyl (C=O) groups excluding carboxylic acids is 1. The highest BCUT2D eigenvalue weighted by Crippen LogP contribution is 2.38. The summed E-state index contributed by atoms with van der Waals surface area (Å²) in [5.74, 6) is 1.22. The van der Waals surface area contributed by atoms with Crippen LogP contribution in [0.4, 0.5) is 0 Å². The van der Waals surface area contributed by atoms with Crippen LogP contribution in [0.25, 0.3) is 6.08 Å². The van der Waals surface area contributed by atoms with Crippen molar-refractivity contribution in [2.45, 2.75) is 33.3 Å². The van der Waals surface area contributed by atoms with E-state index >= 15 is 0 Å². The lowest BCUT2D eigenvalue weighted by molar-refractivity contribution is -0.149. The van der Waals surface area contributed by atoms with E-state index in [9.17, 15) is 4.79 Å². The number of benzene rings is 1. The Labute approximate surface area is 131 Å². The van der Waals surface area contributed by atoms with Gasteiger partial charge in [-0.05, 0) is 51.5 Å². The van der Waals surface area contributed by atoms with E-state index in [-0.39, 0.29) is 5.97 Å². The molecule has 22 heavy (non-hydrogen) atoms. The molecule has 1 aromatic carbocycles. The average molecular weight is 308 g/mol. The predicted octanol–water partition coefficient (Wildman–Crippen LogP) is 3.46. The van der Waals surface area contributed by atoms with Crippen LogP contribution in [-0.2, 0) is 9.53 Å². The summed E-state index contributed by atoms with van der Waals surface area (Å²) in [6.07, 6.45) is 1.72. The summed E-state index contributed by atoms with van der Waals surface area (Å²) >= 11 is 0. The van der Waals surface area contributed by atoms with Crippen molar-refractivity contribution >= 4 is 12.0 Å². The number of methoxy groups -OCH3 is 3. The quantitative estimate of drug-likeness (QED) is 0.616.